The van der Waals surface area contributed by atoms with Crippen molar-refractivity contribution in [1.29, 1.82) is 0 Å². The molecule has 12 nitrogen and oxygen atoms in total. The molecule has 1 aliphatic heterocycles. The molecular weight excluding hydrogens is 472 g/mol. The topological polar surface area (TPSA) is 162 Å². The van der Waals surface area contributed by atoms with Crippen molar-refractivity contribution < 1.29 is 39.6 Å². The fraction of sp³-hybridized carbons (Fsp3) is 0.833. The SMILES string of the molecule is CC(C(=O)O)N1C[C@H](C)N([C@H](C)C(=O)O)C[C@H](C)N([C@H](C)C(=O)O)C[C@H](C)N([C@H](C)C(=O)O)C[C@@H]1C. The molecule has 0 aromatic heterocycles. The summed E-state index contributed by atoms with van der Waals surface area (Å²) in [7, 11) is 0. The molecule has 12 heteroatoms. The van der Waals surface area contributed by atoms with E-state index < -0.39 is 48.0 Å². The largest absolute Gasteiger partial charge is 0.480 e. The molecule has 1 heterocycles. The summed E-state index contributed by atoms with van der Waals surface area (Å²) < 4.78 is 0. The number of rotatable bonds is 8. The molecule has 0 spiro atoms. The standard InChI is InChI=1S/C24H44N4O8/c1-13-9-26(18(6)22(31)32)15(3)11-28(20(8)24(35)36)16(4)12-27(19(7)23(33)34)14(2)10-25(13)17(5)21(29)30/h13-20H,9-12H2,1-8H3,(H,29,30)(H,31,32)(H,33,34)(H,35,36)/t13-,14-,15-,16-,17+,18+,19+,20?/m0/s1. The van der Waals surface area contributed by atoms with Gasteiger partial charge in [0, 0.05) is 50.3 Å². The number of hydrogen-bond donors (Lipinski definition) is 4. The van der Waals surface area contributed by atoms with Crippen molar-refractivity contribution in [2.45, 2.75) is 104 Å². The van der Waals surface area contributed by atoms with E-state index in [0.29, 0.717) is 0 Å². The zero-order valence-corrected chi connectivity index (χ0v) is 22.7. The second-order valence-corrected chi connectivity index (χ2v) is 10.2. The normalized spacial score (nSPS) is 29.8. The Morgan fingerprint density at radius 1 is 0.472 bits per heavy atom. The molecule has 0 aliphatic carbocycles. The third kappa shape index (κ3) is 7.86. The Balaban J connectivity index is 3.64. The first-order valence-corrected chi connectivity index (χ1v) is 12.4. The van der Waals surface area contributed by atoms with E-state index in [1.54, 1.807) is 47.3 Å². The predicted octanol–water partition coefficient (Wildman–Crippen LogP) is 0.654. The average molecular weight is 517 g/mol. The van der Waals surface area contributed by atoms with E-state index in [1.807, 2.05) is 27.7 Å². The van der Waals surface area contributed by atoms with Gasteiger partial charge in [0.2, 0.25) is 0 Å². The number of aliphatic carboxylic acids is 4. The third-order valence-electron chi connectivity index (χ3n) is 7.58. The smallest absolute Gasteiger partial charge is 0.320 e. The average Bonchev–Trinajstić information content (AvgIpc) is 2.79. The molecule has 0 radical (unpaired) electrons. The Labute approximate surface area is 213 Å². The molecule has 1 unspecified atom stereocenters. The van der Waals surface area contributed by atoms with Crippen LogP contribution in [-0.4, -0.2) is 138 Å². The highest BCUT2D eigenvalue weighted by Gasteiger charge is 2.38. The first-order valence-electron chi connectivity index (χ1n) is 12.4. The zero-order chi connectivity index (χ0) is 28.1. The second kappa shape index (κ2) is 13.3. The minimum absolute atomic E-state index is 0.233. The van der Waals surface area contributed by atoms with Gasteiger partial charge in [-0.25, -0.2) is 0 Å². The van der Waals surface area contributed by atoms with Gasteiger partial charge in [-0.2, -0.15) is 0 Å². The van der Waals surface area contributed by atoms with Crippen molar-refractivity contribution in [1.82, 2.24) is 19.6 Å². The van der Waals surface area contributed by atoms with Crippen molar-refractivity contribution in [3.8, 4) is 0 Å². The molecule has 1 fully saturated rings. The van der Waals surface area contributed by atoms with Crippen LogP contribution in [-0.2, 0) is 19.2 Å². The minimum atomic E-state index is -1.03. The van der Waals surface area contributed by atoms with Gasteiger partial charge in [-0.05, 0) is 55.4 Å². The first kappa shape index (κ1) is 31.7. The van der Waals surface area contributed by atoms with Crippen molar-refractivity contribution >= 4 is 23.9 Å². The fourth-order valence-electron chi connectivity index (χ4n) is 5.09. The van der Waals surface area contributed by atoms with Crippen molar-refractivity contribution in [3.05, 3.63) is 0 Å². The molecule has 208 valence electrons. The van der Waals surface area contributed by atoms with Crippen LogP contribution in [0, 0.1) is 0 Å². The molecule has 8 atom stereocenters. The van der Waals surface area contributed by atoms with Gasteiger partial charge in [-0.15, -0.1) is 0 Å². The van der Waals surface area contributed by atoms with Gasteiger partial charge >= 0.3 is 23.9 Å². The lowest BCUT2D eigenvalue weighted by atomic mass is 10.0. The van der Waals surface area contributed by atoms with Crippen LogP contribution in [0.4, 0.5) is 0 Å². The number of carbonyl (C=O) groups is 4. The van der Waals surface area contributed by atoms with E-state index in [1.165, 1.54) is 0 Å². The molecule has 1 rings (SSSR count). The summed E-state index contributed by atoms with van der Waals surface area (Å²) in [6, 6.07) is -5.06. The Bertz CT molecular complexity index is 668. The van der Waals surface area contributed by atoms with Crippen LogP contribution >= 0.6 is 0 Å². The summed E-state index contributed by atoms with van der Waals surface area (Å²) in [6.07, 6.45) is 0. The Morgan fingerprint density at radius 3 is 0.722 bits per heavy atom. The van der Waals surface area contributed by atoms with Crippen molar-refractivity contribution in [2.24, 2.45) is 0 Å². The highest BCUT2D eigenvalue weighted by atomic mass is 16.4. The van der Waals surface area contributed by atoms with Gasteiger partial charge in [0.05, 0.1) is 0 Å². The van der Waals surface area contributed by atoms with Crippen LogP contribution in [0.25, 0.3) is 0 Å². The summed E-state index contributed by atoms with van der Waals surface area (Å²) in [6.45, 7) is 14.5. The van der Waals surface area contributed by atoms with Gasteiger partial charge in [0.1, 0.15) is 24.2 Å². The number of nitrogens with zero attached hydrogens (tertiary/aromatic N) is 4. The van der Waals surface area contributed by atoms with Crippen molar-refractivity contribution in [2.75, 3.05) is 26.2 Å². The first-order chi connectivity index (χ1) is 16.5. The zero-order valence-electron chi connectivity index (χ0n) is 22.7. The van der Waals surface area contributed by atoms with Gasteiger partial charge in [-0.1, -0.05) is 0 Å². The van der Waals surface area contributed by atoms with Crippen LogP contribution in [0.1, 0.15) is 55.4 Å². The lowest BCUT2D eigenvalue weighted by Gasteiger charge is -2.46. The highest BCUT2D eigenvalue weighted by molar-refractivity contribution is 5.74. The molecule has 1 saturated heterocycles. The van der Waals surface area contributed by atoms with E-state index in [2.05, 4.69) is 0 Å². The molecule has 36 heavy (non-hydrogen) atoms. The molecule has 0 saturated carbocycles. The highest BCUT2D eigenvalue weighted by Crippen LogP contribution is 2.21. The van der Waals surface area contributed by atoms with Crippen LogP contribution in [0.5, 0.6) is 0 Å². The predicted molar refractivity (Wildman–Crippen MR) is 133 cm³/mol. The molecular formula is C24H44N4O8. The summed E-state index contributed by atoms with van der Waals surface area (Å²) in [5.74, 6) is -4.11. The molecule has 0 aromatic carbocycles. The molecule has 0 bridgehead atoms. The second-order valence-electron chi connectivity index (χ2n) is 10.2. The van der Waals surface area contributed by atoms with E-state index in [-0.39, 0.29) is 50.3 Å². The molecule has 0 aromatic rings. The van der Waals surface area contributed by atoms with Gasteiger partial charge < -0.3 is 20.4 Å². The van der Waals surface area contributed by atoms with Gasteiger partial charge in [0.25, 0.3) is 0 Å². The summed E-state index contributed by atoms with van der Waals surface area (Å²) >= 11 is 0. The maximum atomic E-state index is 12.0. The van der Waals surface area contributed by atoms with Gasteiger partial charge in [0.15, 0.2) is 0 Å². The molecule has 4 N–H and O–H groups in total. The Morgan fingerprint density at radius 2 is 0.611 bits per heavy atom. The monoisotopic (exact) mass is 516 g/mol. The maximum absolute atomic E-state index is 12.0. The van der Waals surface area contributed by atoms with Gasteiger partial charge in [-0.3, -0.25) is 38.8 Å². The fourth-order valence-corrected chi connectivity index (χ4v) is 5.09. The van der Waals surface area contributed by atoms with Crippen LogP contribution in [0.15, 0.2) is 0 Å². The Hall–Kier alpha value is -2.28. The molecule has 0 amide bonds. The van der Waals surface area contributed by atoms with Crippen molar-refractivity contribution in [3.63, 3.8) is 0 Å². The third-order valence-corrected chi connectivity index (χ3v) is 7.58. The number of carboxylic acid groups (broad SMARTS) is 4. The lowest BCUT2D eigenvalue weighted by Crippen LogP contribution is -2.62. The minimum Gasteiger partial charge on any atom is -0.480 e. The van der Waals surface area contributed by atoms with E-state index in [9.17, 15) is 39.6 Å². The van der Waals surface area contributed by atoms with E-state index in [0.717, 1.165) is 0 Å². The quantitative estimate of drug-likeness (QED) is 0.357. The summed E-state index contributed by atoms with van der Waals surface area (Å²) in [5.41, 5.74) is 0. The molecule has 1 aliphatic rings. The summed E-state index contributed by atoms with van der Waals surface area (Å²) in [4.78, 5) is 54.9. The maximum Gasteiger partial charge on any atom is 0.320 e. The summed E-state index contributed by atoms with van der Waals surface area (Å²) in [5, 5.41) is 39.1. The van der Waals surface area contributed by atoms with Crippen LogP contribution < -0.4 is 0 Å². The lowest BCUT2D eigenvalue weighted by molar-refractivity contribution is -0.150. The van der Waals surface area contributed by atoms with E-state index in [4.69, 9.17) is 0 Å². The van der Waals surface area contributed by atoms with Crippen LogP contribution in [0.2, 0.25) is 0 Å². The number of hydrogen-bond acceptors (Lipinski definition) is 8. The van der Waals surface area contributed by atoms with E-state index >= 15 is 0 Å². The number of carboxylic acids is 4. The van der Waals surface area contributed by atoms with Crippen LogP contribution in [0.3, 0.4) is 0 Å². The Kier molecular flexibility index (Phi) is 11.7.